The maximum Gasteiger partial charge on any atom is 0.307 e. The van der Waals surface area contributed by atoms with Gasteiger partial charge in [0.1, 0.15) is 5.82 Å². The molecule has 0 saturated heterocycles. The van der Waals surface area contributed by atoms with Gasteiger partial charge in [0.25, 0.3) is 0 Å². The third kappa shape index (κ3) is 2.63. The quantitative estimate of drug-likeness (QED) is 0.900. The van der Waals surface area contributed by atoms with Gasteiger partial charge in [-0.15, -0.1) is 0 Å². The SMILES string of the molecule is O=C(O)[C@H]1C[C@H]1C(=O)Nc1ccc(Br)cc1F. The Kier molecular flexibility index (Phi) is 3.15. The average molecular weight is 302 g/mol. The Labute approximate surface area is 105 Å². The Bertz CT molecular complexity index is 492. The lowest BCUT2D eigenvalue weighted by molar-refractivity contribution is -0.139. The standard InChI is InChI=1S/C11H9BrFNO3/c12-5-1-2-9(8(13)3-5)14-10(15)6-4-7(6)11(16)17/h1-3,6-7H,4H2,(H,14,15)(H,16,17)/t6-,7+/m1/s1. The molecule has 1 aliphatic rings. The van der Waals surface area contributed by atoms with Crippen LogP contribution < -0.4 is 5.32 Å². The second-order valence-electron chi connectivity index (χ2n) is 3.90. The van der Waals surface area contributed by atoms with E-state index in [0.29, 0.717) is 10.9 Å². The molecule has 6 heteroatoms. The van der Waals surface area contributed by atoms with Crippen molar-refractivity contribution in [2.75, 3.05) is 5.32 Å². The van der Waals surface area contributed by atoms with Gasteiger partial charge in [0.05, 0.1) is 17.5 Å². The van der Waals surface area contributed by atoms with Crippen molar-refractivity contribution >= 4 is 33.5 Å². The van der Waals surface area contributed by atoms with Crippen LogP contribution >= 0.6 is 15.9 Å². The molecule has 1 saturated carbocycles. The van der Waals surface area contributed by atoms with Gasteiger partial charge in [-0.1, -0.05) is 15.9 Å². The van der Waals surface area contributed by atoms with E-state index >= 15 is 0 Å². The highest BCUT2D eigenvalue weighted by molar-refractivity contribution is 9.10. The highest BCUT2D eigenvalue weighted by Gasteiger charge is 2.48. The summed E-state index contributed by atoms with van der Waals surface area (Å²) in [5.74, 6) is -3.16. The number of carbonyl (C=O) groups is 2. The molecule has 0 unspecified atom stereocenters. The maximum atomic E-state index is 13.4. The number of amides is 1. The van der Waals surface area contributed by atoms with Crippen molar-refractivity contribution in [3.8, 4) is 0 Å². The van der Waals surface area contributed by atoms with Crippen LogP contribution in [0.25, 0.3) is 0 Å². The van der Waals surface area contributed by atoms with E-state index in [1.54, 1.807) is 6.07 Å². The van der Waals surface area contributed by atoms with Gasteiger partial charge < -0.3 is 10.4 Å². The molecule has 0 radical (unpaired) electrons. The Morgan fingerprint density at radius 1 is 1.41 bits per heavy atom. The minimum absolute atomic E-state index is 0.0641. The van der Waals surface area contributed by atoms with E-state index in [1.807, 2.05) is 0 Å². The Hall–Kier alpha value is -1.43. The fourth-order valence-corrected chi connectivity index (χ4v) is 1.91. The fourth-order valence-electron chi connectivity index (χ4n) is 1.57. The van der Waals surface area contributed by atoms with Gasteiger partial charge in [-0.05, 0) is 24.6 Å². The molecule has 0 aromatic heterocycles. The van der Waals surface area contributed by atoms with Crippen LogP contribution in [0.1, 0.15) is 6.42 Å². The molecule has 1 fully saturated rings. The van der Waals surface area contributed by atoms with Gasteiger partial charge in [-0.3, -0.25) is 9.59 Å². The van der Waals surface area contributed by atoms with E-state index in [2.05, 4.69) is 21.2 Å². The van der Waals surface area contributed by atoms with E-state index in [0.717, 1.165) is 0 Å². The number of carbonyl (C=O) groups excluding carboxylic acids is 1. The smallest absolute Gasteiger partial charge is 0.307 e. The predicted molar refractivity (Wildman–Crippen MR) is 62.0 cm³/mol. The van der Waals surface area contributed by atoms with Gasteiger partial charge >= 0.3 is 5.97 Å². The molecule has 90 valence electrons. The van der Waals surface area contributed by atoms with E-state index < -0.39 is 29.5 Å². The first-order valence-corrected chi connectivity index (χ1v) is 5.77. The summed E-state index contributed by atoms with van der Waals surface area (Å²) in [6.07, 6.45) is 0.319. The molecule has 0 aliphatic heterocycles. The summed E-state index contributed by atoms with van der Waals surface area (Å²) in [5, 5.41) is 11.1. The third-order valence-corrected chi connectivity index (χ3v) is 3.13. The van der Waals surface area contributed by atoms with E-state index in [-0.39, 0.29) is 5.69 Å². The normalized spacial score (nSPS) is 22.0. The maximum absolute atomic E-state index is 13.4. The zero-order valence-corrected chi connectivity index (χ0v) is 10.2. The summed E-state index contributed by atoms with van der Waals surface area (Å²) in [7, 11) is 0. The van der Waals surface area contributed by atoms with Crippen molar-refractivity contribution in [1.82, 2.24) is 0 Å². The number of halogens is 2. The molecule has 4 nitrogen and oxygen atoms in total. The first-order valence-electron chi connectivity index (χ1n) is 4.98. The predicted octanol–water partition coefficient (Wildman–Crippen LogP) is 2.25. The number of carboxylic acids is 1. The van der Waals surface area contributed by atoms with E-state index in [9.17, 15) is 14.0 Å². The van der Waals surface area contributed by atoms with E-state index in [4.69, 9.17) is 5.11 Å². The minimum Gasteiger partial charge on any atom is -0.481 e. The first kappa shape index (κ1) is 12.0. The first-order chi connectivity index (χ1) is 7.99. The number of anilines is 1. The number of carboxylic acid groups (broad SMARTS) is 1. The molecule has 2 N–H and O–H groups in total. The molecular formula is C11H9BrFNO3. The number of hydrogen-bond donors (Lipinski definition) is 2. The van der Waals surface area contributed by atoms with Crippen LogP contribution in [0.5, 0.6) is 0 Å². The van der Waals surface area contributed by atoms with Crippen LogP contribution in [0.15, 0.2) is 22.7 Å². The number of rotatable bonds is 3. The number of aliphatic carboxylic acids is 1. The van der Waals surface area contributed by atoms with Gasteiger partial charge in [0.15, 0.2) is 0 Å². The molecule has 1 aliphatic carbocycles. The van der Waals surface area contributed by atoms with Gasteiger partial charge in [0.2, 0.25) is 5.91 Å². The summed E-state index contributed by atoms with van der Waals surface area (Å²) >= 11 is 3.10. The Balaban J connectivity index is 2.02. The van der Waals surface area contributed by atoms with Crippen LogP contribution in [0, 0.1) is 17.7 Å². The largest absolute Gasteiger partial charge is 0.481 e. The van der Waals surface area contributed by atoms with Gasteiger partial charge in [-0.25, -0.2) is 4.39 Å². The molecule has 1 amide bonds. The summed E-state index contributed by atoms with van der Waals surface area (Å²) < 4.78 is 14.0. The minimum atomic E-state index is -0.985. The van der Waals surface area contributed by atoms with Crippen molar-refractivity contribution in [3.63, 3.8) is 0 Å². The van der Waals surface area contributed by atoms with E-state index in [1.165, 1.54) is 12.1 Å². The third-order valence-electron chi connectivity index (χ3n) is 2.63. The van der Waals surface area contributed by atoms with Gasteiger partial charge in [-0.2, -0.15) is 0 Å². The Morgan fingerprint density at radius 2 is 2.12 bits per heavy atom. The van der Waals surface area contributed by atoms with Crippen molar-refractivity contribution in [1.29, 1.82) is 0 Å². The van der Waals surface area contributed by atoms with Crippen LogP contribution in [-0.4, -0.2) is 17.0 Å². The molecule has 0 heterocycles. The number of hydrogen-bond acceptors (Lipinski definition) is 2. The molecule has 0 bridgehead atoms. The number of benzene rings is 1. The summed E-state index contributed by atoms with van der Waals surface area (Å²) in [4.78, 5) is 22.2. The summed E-state index contributed by atoms with van der Waals surface area (Å²) in [5.41, 5.74) is 0.0641. The van der Waals surface area contributed by atoms with Crippen molar-refractivity contribution < 1.29 is 19.1 Å². The average Bonchev–Trinajstić information content (AvgIpc) is 3.01. The lowest BCUT2D eigenvalue weighted by Gasteiger charge is -2.05. The van der Waals surface area contributed by atoms with Crippen LogP contribution in [-0.2, 0) is 9.59 Å². The number of nitrogens with one attached hydrogen (secondary N) is 1. The topological polar surface area (TPSA) is 66.4 Å². The monoisotopic (exact) mass is 301 g/mol. The molecule has 0 spiro atoms. The van der Waals surface area contributed by atoms with Crippen LogP contribution in [0.4, 0.5) is 10.1 Å². The highest BCUT2D eigenvalue weighted by Crippen LogP contribution is 2.39. The van der Waals surface area contributed by atoms with Crippen LogP contribution in [0.2, 0.25) is 0 Å². The molecule has 2 rings (SSSR count). The molecular weight excluding hydrogens is 293 g/mol. The zero-order valence-electron chi connectivity index (χ0n) is 8.61. The second-order valence-corrected chi connectivity index (χ2v) is 4.82. The van der Waals surface area contributed by atoms with Crippen molar-refractivity contribution in [3.05, 3.63) is 28.5 Å². The molecule has 17 heavy (non-hydrogen) atoms. The highest BCUT2D eigenvalue weighted by atomic mass is 79.9. The summed E-state index contributed by atoms with van der Waals surface area (Å²) in [6.45, 7) is 0. The van der Waals surface area contributed by atoms with Gasteiger partial charge in [0, 0.05) is 4.47 Å². The molecule has 1 aromatic carbocycles. The van der Waals surface area contributed by atoms with Crippen molar-refractivity contribution in [2.45, 2.75) is 6.42 Å². The van der Waals surface area contributed by atoms with Crippen LogP contribution in [0.3, 0.4) is 0 Å². The van der Waals surface area contributed by atoms with Crippen molar-refractivity contribution in [2.24, 2.45) is 11.8 Å². The fraction of sp³-hybridized carbons (Fsp3) is 0.273. The lowest BCUT2D eigenvalue weighted by atomic mass is 10.2. The molecule has 1 aromatic rings. The summed E-state index contributed by atoms with van der Waals surface area (Å²) in [6, 6.07) is 4.26. The second kappa shape index (κ2) is 4.44. The Morgan fingerprint density at radius 3 is 2.65 bits per heavy atom. The zero-order chi connectivity index (χ0) is 12.6. The molecule has 2 atom stereocenters. The lowest BCUT2D eigenvalue weighted by Crippen LogP contribution is -2.17.